The minimum atomic E-state index is 0.641. The molecule has 0 saturated heterocycles. The fourth-order valence-electron chi connectivity index (χ4n) is 1.64. The molecule has 0 spiro atoms. The average Bonchev–Trinajstić information content (AvgIpc) is 2.30. The van der Waals surface area contributed by atoms with Crippen LogP contribution in [0.15, 0.2) is 41.4 Å². The standard InChI is InChI=1S/C13H15N/c1-2-11-8-9-13(14-10-11)12-6-4-3-5-7-12/h3-7,9-11H,2,8H2,1H3. The molecule has 1 unspecified atom stereocenters. The average molecular weight is 185 g/mol. The Bertz CT molecular complexity index is 349. The normalized spacial score (nSPS) is 20.6. The second-order valence-corrected chi connectivity index (χ2v) is 3.64. The van der Waals surface area contributed by atoms with Crippen LogP contribution in [-0.4, -0.2) is 6.21 Å². The summed E-state index contributed by atoms with van der Waals surface area (Å²) in [6.07, 6.45) is 6.64. The zero-order chi connectivity index (χ0) is 9.80. The molecule has 0 aromatic heterocycles. The summed E-state index contributed by atoms with van der Waals surface area (Å²) in [5.41, 5.74) is 2.34. The number of hydrogen-bond donors (Lipinski definition) is 0. The maximum Gasteiger partial charge on any atom is 0.0658 e. The van der Waals surface area contributed by atoms with E-state index in [1.54, 1.807) is 0 Å². The van der Waals surface area contributed by atoms with Crippen molar-refractivity contribution >= 4 is 11.9 Å². The van der Waals surface area contributed by atoms with Gasteiger partial charge in [0.25, 0.3) is 0 Å². The Labute approximate surface area is 85.2 Å². The van der Waals surface area contributed by atoms with Gasteiger partial charge in [0.05, 0.1) is 5.70 Å². The lowest BCUT2D eigenvalue weighted by Crippen LogP contribution is -2.03. The number of benzene rings is 1. The minimum absolute atomic E-state index is 0.641. The number of allylic oxidation sites excluding steroid dienone is 1. The van der Waals surface area contributed by atoms with Gasteiger partial charge in [0.2, 0.25) is 0 Å². The lowest BCUT2D eigenvalue weighted by molar-refractivity contribution is 0.685. The molecule has 72 valence electrons. The monoisotopic (exact) mass is 185 g/mol. The largest absolute Gasteiger partial charge is 0.261 e. The molecule has 0 bridgehead atoms. The van der Waals surface area contributed by atoms with E-state index in [9.17, 15) is 0 Å². The first kappa shape index (κ1) is 9.20. The summed E-state index contributed by atoms with van der Waals surface area (Å²) < 4.78 is 0. The van der Waals surface area contributed by atoms with Crippen molar-refractivity contribution in [3.8, 4) is 0 Å². The van der Waals surface area contributed by atoms with Crippen molar-refractivity contribution in [2.24, 2.45) is 10.9 Å². The Balaban J connectivity index is 2.16. The van der Waals surface area contributed by atoms with Crippen LogP contribution < -0.4 is 0 Å². The zero-order valence-electron chi connectivity index (χ0n) is 8.48. The van der Waals surface area contributed by atoms with Crippen LogP contribution in [0.1, 0.15) is 25.3 Å². The molecule has 1 aromatic carbocycles. The van der Waals surface area contributed by atoms with Gasteiger partial charge in [0.15, 0.2) is 0 Å². The van der Waals surface area contributed by atoms with Crippen LogP contribution in [0.25, 0.3) is 5.70 Å². The van der Waals surface area contributed by atoms with Crippen LogP contribution in [0, 0.1) is 5.92 Å². The van der Waals surface area contributed by atoms with Crippen LogP contribution in [0.3, 0.4) is 0 Å². The van der Waals surface area contributed by atoms with E-state index in [2.05, 4.69) is 48.5 Å². The summed E-state index contributed by atoms with van der Waals surface area (Å²) in [6.45, 7) is 2.21. The molecule has 0 amide bonds. The van der Waals surface area contributed by atoms with Gasteiger partial charge in [-0.05, 0) is 24.3 Å². The van der Waals surface area contributed by atoms with Gasteiger partial charge in [-0.1, -0.05) is 43.3 Å². The molecule has 1 atom stereocenters. The maximum absolute atomic E-state index is 4.49. The van der Waals surface area contributed by atoms with Gasteiger partial charge >= 0.3 is 0 Å². The van der Waals surface area contributed by atoms with E-state index in [0.29, 0.717) is 5.92 Å². The van der Waals surface area contributed by atoms with Crippen molar-refractivity contribution in [3.63, 3.8) is 0 Å². The molecular formula is C13H15N. The maximum atomic E-state index is 4.49. The van der Waals surface area contributed by atoms with Crippen molar-refractivity contribution in [3.05, 3.63) is 42.0 Å². The van der Waals surface area contributed by atoms with E-state index in [-0.39, 0.29) is 0 Å². The SMILES string of the molecule is CCC1C=NC(c2ccccc2)=CC1. The predicted molar refractivity (Wildman–Crippen MR) is 61.3 cm³/mol. The van der Waals surface area contributed by atoms with E-state index < -0.39 is 0 Å². The number of hydrogen-bond acceptors (Lipinski definition) is 1. The highest BCUT2D eigenvalue weighted by Gasteiger charge is 2.08. The molecule has 1 aliphatic heterocycles. The third-order valence-electron chi connectivity index (χ3n) is 2.63. The number of nitrogens with zero attached hydrogens (tertiary/aromatic N) is 1. The highest BCUT2D eigenvalue weighted by Crippen LogP contribution is 2.22. The summed E-state index contributed by atoms with van der Waals surface area (Å²) in [7, 11) is 0. The first-order valence-corrected chi connectivity index (χ1v) is 5.20. The van der Waals surface area contributed by atoms with E-state index in [1.807, 2.05) is 6.07 Å². The summed E-state index contributed by atoms with van der Waals surface area (Å²) >= 11 is 0. The highest BCUT2D eigenvalue weighted by molar-refractivity contribution is 5.77. The Hall–Kier alpha value is -1.37. The Kier molecular flexibility index (Phi) is 2.78. The summed E-state index contributed by atoms with van der Waals surface area (Å²) in [4.78, 5) is 4.49. The van der Waals surface area contributed by atoms with Gasteiger partial charge in [-0.15, -0.1) is 0 Å². The number of rotatable bonds is 2. The van der Waals surface area contributed by atoms with Gasteiger partial charge in [-0.2, -0.15) is 0 Å². The molecule has 1 aliphatic rings. The lowest BCUT2D eigenvalue weighted by atomic mass is 9.99. The van der Waals surface area contributed by atoms with Crippen molar-refractivity contribution in [1.82, 2.24) is 0 Å². The predicted octanol–water partition coefficient (Wildman–Crippen LogP) is 3.53. The smallest absolute Gasteiger partial charge is 0.0658 e. The molecule has 14 heavy (non-hydrogen) atoms. The van der Waals surface area contributed by atoms with Crippen molar-refractivity contribution in [2.45, 2.75) is 19.8 Å². The molecule has 0 N–H and O–H groups in total. The van der Waals surface area contributed by atoms with Crippen molar-refractivity contribution in [2.75, 3.05) is 0 Å². The van der Waals surface area contributed by atoms with E-state index in [4.69, 9.17) is 0 Å². The Morgan fingerprint density at radius 1 is 1.29 bits per heavy atom. The fourth-order valence-corrected chi connectivity index (χ4v) is 1.64. The molecule has 2 rings (SSSR count). The van der Waals surface area contributed by atoms with Crippen molar-refractivity contribution < 1.29 is 0 Å². The summed E-state index contributed by atoms with van der Waals surface area (Å²) in [6, 6.07) is 10.4. The molecule has 0 aliphatic carbocycles. The lowest BCUT2D eigenvalue weighted by Gasteiger charge is -2.13. The Morgan fingerprint density at radius 3 is 2.64 bits per heavy atom. The second kappa shape index (κ2) is 4.23. The summed E-state index contributed by atoms with van der Waals surface area (Å²) in [5, 5.41) is 0. The van der Waals surface area contributed by atoms with Gasteiger partial charge in [0, 0.05) is 6.21 Å². The van der Waals surface area contributed by atoms with Crippen LogP contribution in [-0.2, 0) is 0 Å². The molecule has 0 fully saturated rings. The third-order valence-corrected chi connectivity index (χ3v) is 2.63. The first-order valence-electron chi connectivity index (χ1n) is 5.20. The van der Waals surface area contributed by atoms with E-state index in [0.717, 1.165) is 12.1 Å². The molecule has 1 aromatic rings. The van der Waals surface area contributed by atoms with Gasteiger partial charge in [-0.3, -0.25) is 4.99 Å². The topological polar surface area (TPSA) is 12.4 Å². The minimum Gasteiger partial charge on any atom is -0.261 e. The number of aliphatic imine (C=N–C) groups is 1. The Morgan fingerprint density at radius 2 is 2.07 bits per heavy atom. The van der Waals surface area contributed by atoms with Crippen LogP contribution in [0.2, 0.25) is 0 Å². The second-order valence-electron chi connectivity index (χ2n) is 3.64. The fraction of sp³-hybridized carbons (Fsp3) is 0.308. The molecule has 1 heterocycles. The molecular weight excluding hydrogens is 170 g/mol. The van der Waals surface area contributed by atoms with Gasteiger partial charge in [-0.25, -0.2) is 0 Å². The van der Waals surface area contributed by atoms with E-state index in [1.165, 1.54) is 12.0 Å². The van der Waals surface area contributed by atoms with Gasteiger partial charge < -0.3 is 0 Å². The molecule has 0 radical (unpaired) electrons. The molecule has 0 saturated carbocycles. The summed E-state index contributed by atoms with van der Waals surface area (Å²) in [5.74, 6) is 0.641. The van der Waals surface area contributed by atoms with Gasteiger partial charge in [0.1, 0.15) is 0 Å². The third kappa shape index (κ3) is 1.92. The zero-order valence-corrected chi connectivity index (χ0v) is 8.48. The van der Waals surface area contributed by atoms with Crippen LogP contribution in [0.4, 0.5) is 0 Å². The van der Waals surface area contributed by atoms with Crippen LogP contribution >= 0.6 is 0 Å². The molecule has 1 heteroatoms. The highest BCUT2D eigenvalue weighted by atomic mass is 14.7. The quantitative estimate of drug-likeness (QED) is 0.668. The first-order chi connectivity index (χ1) is 6.90. The van der Waals surface area contributed by atoms with Crippen LogP contribution in [0.5, 0.6) is 0 Å². The van der Waals surface area contributed by atoms with E-state index >= 15 is 0 Å². The molecule has 1 nitrogen and oxygen atoms in total. The van der Waals surface area contributed by atoms with Crippen molar-refractivity contribution in [1.29, 1.82) is 0 Å².